The first kappa shape index (κ1) is 18.7. The molecule has 120 valence electrons. The molecule has 0 radical (unpaired) electrons. The maximum atomic E-state index is 13.8. The monoisotopic (exact) mass is 355 g/mol. The number of alkyl halides is 1. The molecule has 0 aromatic heterocycles. The van der Waals surface area contributed by atoms with Crippen molar-refractivity contribution >= 4 is 33.2 Å². The molecule has 0 amide bonds. The molecular formula is C14H20Cl2FNO2S. The van der Waals surface area contributed by atoms with Gasteiger partial charge in [0.2, 0.25) is 10.0 Å². The molecule has 1 aromatic rings. The van der Waals surface area contributed by atoms with Gasteiger partial charge in [-0.05, 0) is 37.0 Å². The topological polar surface area (TPSA) is 37.4 Å². The van der Waals surface area contributed by atoms with Crippen LogP contribution in [0.2, 0.25) is 5.02 Å². The lowest BCUT2D eigenvalue weighted by molar-refractivity contribution is 0.337. The van der Waals surface area contributed by atoms with Crippen molar-refractivity contribution in [3.05, 3.63) is 28.5 Å². The SMILES string of the molecule is CC(C)CC(C)N(C)S(=O)(=O)c1cc(F)c(Cl)c(CCl)c1. The third-order valence-electron chi connectivity index (χ3n) is 3.33. The third kappa shape index (κ3) is 4.31. The Labute approximate surface area is 136 Å². The maximum absolute atomic E-state index is 13.8. The summed E-state index contributed by atoms with van der Waals surface area (Å²) in [4.78, 5) is -0.127. The van der Waals surface area contributed by atoms with Gasteiger partial charge >= 0.3 is 0 Å². The fourth-order valence-electron chi connectivity index (χ4n) is 2.10. The zero-order chi connectivity index (χ0) is 16.4. The molecule has 0 bridgehead atoms. The molecule has 0 fully saturated rings. The van der Waals surface area contributed by atoms with Crippen molar-refractivity contribution in [1.82, 2.24) is 4.31 Å². The summed E-state index contributed by atoms with van der Waals surface area (Å²) in [7, 11) is -2.28. The van der Waals surface area contributed by atoms with Gasteiger partial charge in [-0.3, -0.25) is 0 Å². The number of benzene rings is 1. The summed E-state index contributed by atoms with van der Waals surface area (Å²) in [6.45, 7) is 5.86. The Morgan fingerprint density at radius 3 is 2.33 bits per heavy atom. The standard InChI is InChI=1S/C14H20Cl2FNO2S/c1-9(2)5-10(3)18(4)21(19,20)12-6-11(8-15)14(16)13(17)7-12/h6-7,9-10H,5,8H2,1-4H3. The number of hydrogen-bond donors (Lipinski definition) is 0. The molecule has 0 aliphatic heterocycles. The fraction of sp³-hybridized carbons (Fsp3) is 0.571. The molecule has 0 heterocycles. The molecule has 0 spiro atoms. The van der Waals surface area contributed by atoms with E-state index < -0.39 is 15.8 Å². The van der Waals surface area contributed by atoms with Crippen LogP contribution in [0.1, 0.15) is 32.8 Å². The quantitative estimate of drug-likeness (QED) is 0.714. The summed E-state index contributed by atoms with van der Waals surface area (Å²) in [5, 5.41) is -0.137. The lowest BCUT2D eigenvalue weighted by Crippen LogP contribution is -2.36. The number of rotatable bonds is 6. The van der Waals surface area contributed by atoms with E-state index in [-0.39, 0.29) is 27.4 Å². The normalized spacial score (nSPS) is 14.0. The van der Waals surface area contributed by atoms with Crippen molar-refractivity contribution in [2.24, 2.45) is 5.92 Å². The minimum atomic E-state index is -3.78. The molecule has 1 atom stereocenters. The van der Waals surface area contributed by atoms with Crippen LogP contribution in [0.15, 0.2) is 17.0 Å². The van der Waals surface area contributed by atoms with E-state index in [1.807, 2.05) is 20.8 Å². The summed E-state index contributed by atoms with van der Waals surface area (Å²) in [5.41, 5.74) is 0.266. The van der Waals surface area contributed by atoms with E-state index in [1.165, 1.54) is 17.4 Å². The lowest BCUT2D eigenvalue weighted by atomic mass is 10.1. The minimum Gasteiger partial charge on any atom is -0.207 e. The molecule has 0 saturated heterocycles. The molecule has 1 unspecified atom stereocenters. The average molecular weight is 356 g/mol. The van der Waals surface area contributed by atoms with Crippen LogP contribution in [0.4, 0.5) is 4.39 Å². The van der Waals surface area contributed by atoms with E-state index in [0.29, 0.717) is 12.3 Å². The maximum Gasteiger partial charge on any atom is 0.243 e. The van der Waals surface area contributed by atoms with Crippen molar-refractivity contribution in [2.45, 2.75) is 44.0 Å². The first-order chi connectivity index (χ1) is 9.61. The Morgan fingerprint density at radius 1 is 1.29 bits per heavy atom. The fourth-order valence-corrected chi connectivity index (χ4v) is 3.99. The van der Waals surface area contributed by atoms with Crippen molar-refractivity contribution in [1.29, 1.82) is 0 Å². The van der Waals surface area contributed by atoms with Gasteiger partial charge in [0.15, 0.2) is 0 Å². The molecule has 0 N–H and O–H groups in total. The highest BCUT2D eigenvalue weighted by atomic mass is 35.5. The summed E-state index contributed by atoms with van der Waals surface area (Å²) >= 11 is 11.4. The summed E-state index contributed by atoms with van der Waals surface area (Å²) in [6, 6.07) is 2.08. The van der Waals surface area contributed by atoms with E-state index in [4.69, 9.17) is 23.2 Å². The summed E-state index contributed by atoms with van der Waals surface area (Å²) in [5.74, 6) is -0.471. The van der Waals surface area contributed by atoms with Crippen LogP contribution in [0.5, 0.6) is 0 Å². The molecule has 21 heavy (non-hydrogen) atoms. The zero-order valence-corrected chi connectivity index (χ0v) is 14.9. The van der Waals surface area contributed by atoms with Crippen molar-refractivity contribution in [3.63, 3.8) is 0 Å². The Balaban J connectivity index is 3.22. The Hall–Kier alpha value is -0.360. The third-order valence-corrected chi connectivity index (χ3v) is 5.99. The molecule has 1 rings (SSSR count). The number of sulfonamides is 1. The first-order valence-electron chi connectivity index (χ1n) is 6.63. The second-order valence-corrected chi connectivity index (χ2v) is 8.15. The number of nitrogens with zero attached hydrogens (tertiary/aromatic N) is 1. The van der Waals surface area contributed by atoms with Crippen LogP contribution in [-0.4, -0.2) is 25.8 Å². The van der Waals surface area contributed by atoms with E-state index >= 15 is 0 Å². The van der Waals surface area contributed by atoms with Gasteiger partial charge in [-0.25, -0.2) is 12.8 Å². The number of hydrogen-bond acceptors (Lipinski definition) is 2. The molecule has 0 aliphatic rings. The Bertz CT molecular complexity index is 605. The molecule has 3 nitrogen and oxygen atoms in total. The average Bonchev–Trinajstić information content (AvgIpc) is 2.39. The van der Waals surface area contributed by atoms with Gasteiger partial charge in [0, 0.05) is 19.0 Å². The second kappa shape index (κ2) is 7.27. The van der Waals surface area contributed by atoms with Crippen LogP contribution in [0.3, 0.4) is 0 Å². The van der Waals surface area contributed by atoms with E-state index in [2.05, 4.69) is 0 Å². The van der Waals surface area contributed by atoms with Crippen molar-refractivity contribution < 1.29 is 12.8 Å². The minimum absolute atomic E-state index is 0.0512. The molecule has 0 aliphatic carbocycles. The molecule has 1 aromatic carbocycles. The first-order valence-corrected chi connectivity index (χ1v) is 8.98. The Kier molecular flexibility index (Phi) is 6.47. The van der Waals surface area contributed by atoms with Gasteiger partial charge in [0.25, 0.3) is 0 Å². The van der Waals surface area contributed by atoms with Crippen molar-refractivity contribution in [3.8, 4) is 0 Å². The Morgan fingerprint density at radius 2 is 1.86 bits per heavy atom. The van der Waals surface area contributed by atoms with Crippen molar-refractivity contribution in [2.75, 3.05) is 7.05 Å². The van der Waals surface area contributed by atoms with Gasteiger partial charge in [0.1, 0.15) is 5.82 Å². The van der Waals surface area contributed by atoms with Crippen LogP contribution in [-0.2, 0) is 15.9 Å². The predicted octanol–water partition coefficient (Wildman–Crippen LogP) is 4.27. The predicted molar refractivity (Wildman–Crippen MR) is 84.8 cm³/mol. The molecule has 7 heteroatoms. The second-order valence-electron chi connectivity index (χ2n) is 5.51. The zero-order valence-electron chi connectivity index (χ0n) is 12.5. The van der Waals surface area contributed by atoms with Gasteiger partial charge in [0.05, 0.1) is 9.92 Å². The van der Waals surface area contributed by atoms with Crippen LogP contribution in [0.25, 0.3) is 0 Å². The van der Waals surface area contributed by atoms with Gasteiger partial charge in [-0.1, -0.05) is 25.4 Å². The smallest absolute Gasteiger partial charge is 0.207 e. The molecular weight excluding hydrogens is 336 g/mol. The highest BCUT2D eigenvalue weighted by Crippen LogP contribution is 2.28. The molecule has 0 saturated carbocycles. The van der Waals surface area contributed by atoms with Gasteiger partial charge in [-0.2, -0.15) is 4.31 Å². The van der Waals surface area contributed by atoms with Gasteiger partial charge in [-0.15, -0.1) is 11.6 Å². The van der Waals surface area contributed by atoms with Crippen LogP contribution >= 0.6 is 23.2 Å². The van der Waals surface area contributed by atoms with Gasteiger partial charge < -0.3 is 0 Å². The van der Waals surface area contributed by atoms with E-state index in [1.54, 1.807) is 0 Å². The summed E-state index contributed by atoms with van der Waals surface area (Å²) in [6.07, 6.45) is 0.716. The summed E-state index contributed by atoms with van der Waals surface area (Å²) < 4.78 is 40.1. The number of halogens is 3. The largest absolute Gasteiger partial charge is 0.243 e. The van der Waals surface area contributed by atoms with E-state index in [0.717, 1.165) is 6.07 Å². The highest BCUT2D eigenvalue weighted by molar-refractivity contribution is 7.89. The highest BCUT2D eigenvalue weighted by Gasteiger charge is 2.27. The lowest BCUT2D eigenvalue weighted by Gasteiger charge is -2.26. The van der Waals surface area contributed by atoms with E-state index in [9.17, 15) is 12.8 Å². The van der Waals surface area contributed by atoms with Crippen LogP contribution < -0.4 is 0 Å². The van der Waals surface area contributed by atoms with Crippen LogP contribution in [0, 0.1) is 11.7 Å².